The smallest absolute Gasteiger partial charge is 0.475 e. The maximum absolute atomic E-state index is 12.1. The number of thiazole rings is 1. The summed E-state index contributed by atoms with van der Waals surface area (Å²) in [5.74, 6) is -4.95. The lowest BCUT2D eigenvalue weighted by Crippen LogP contribution is -2.64. The lowest BCUT2D eigenvalue weighted by Gasteiger charge is -2.50. The van der Waals surface area contributed by atoms with E-state index in [0.717, 1.165) is 77.3 Å². The molecule has 1 spiro atoms. The summed E-state index contributed by atoms with van der Waals surface area (Å²) in [6.07, 6.45) is -5.75. The van der Waals surface area contributed by atoms with E-state index >= 15 is 0 Å². The van der Waals surface area contributed by atoms with Crippen LogP contribution in [-0.2, 0) is 20.9 Å². The topological polar surface area (TPSA) is 132 Å². The van der Waals surface area contributed by atoms with Crippen molar-refractivity contribution in [1.29, 1.82) is 0 Å². The quantitative estimate of drug-likeness (QED) is 0.443. The first-order chi connectivity index (χ1) is 18.0. The van der Waals surface area contributed by atoms with E-state index in [-0.39, 0.29) is 11.6 Å². The zero-order chi connectivity index (χ0) is 29.4. The molecule has 222 valence electrons. The fourth-order valence-corrected chi connectivity index (χ4v) is 5.25. The Morgan fingerprint density at radius 3 is 2.10 bits per heavy atom. The van der Waals surface area contributed by atoms with E-state index in [1.807, 2.05) is 10.4 Å². The number of rotatable bonds is 5. The van der Waals surface area contributed by atoms with Crippen LogP contribution in [0.15, 0.2) is 5.51 Å². The van der Waals surface area contributed by atoms with Crippen molar-refractivity contribution in [3.05, 3.63) is 16.1 Å². The molecule has 0 aromatic carbocycles. The first kappa shape index (κ1) is 32.6. The number of alkyl halides is 6. The lowest BCUT2D eigenvalue weighted by atomic mass is 9.79. The number of amides is 2. The normalized spacial score (nSPS) is 20.4. The van der Waals surface area contributed by atoms with Crippen LogP contribution in [0.25, 0.3) is 0 Å². The van der Waals surface area contributed by atoms with E-state index in [1.54, 1.807) is 11.3 Å². The van der Waals surface area contributed by atoms with E-state index in [0.29, 0.717) is 5.92 Å². The predicted octanol–water partition coefficient (Wildman–Crippen LogP) is 3.50. The molecule has 2 amide bonds. The van der Waals surface area contributed by atoms with Gasteiger partial charge in [0.15, 0.2) is 0 Å². The molecule has 1 atom stereocenters. The van der Waals surface area contributed by atoms with Crippen molar-refractivity contribution in [3.8, 4) is 0 Å². The molecule has 10 nitrogen and oxygen atoms in total. The van der Waals surface area contributed by atoms with E-state index in [9.17, 15) is 31.1 Å². The Labute approximate surface area is 223 Å². The highest BCUT2D eigenvalue weighted by Crippen LogP contribution is 2.42. The Balaban J connectivity index is 0.000000317. The number of aliphatic carboxylic acids is 2. The molecular weight excluding hydrogens is 562 g/mol. The molecule has 3 aliphatic heterocycles. The molecule has 0 bridgehead atoms. The second-order valence-corrected chi connectivity index (χ2v) is 10.2. The summed E-state index contributed by atoms with van der Waals surface area (Å²) in [6, 6.07) is 0.112. The van der Waals surface area contributed by atoms with Gasteiger partial charge < -0.3 is 25.2 Å². The fourth-order valence-electron chi connectivity index (χ4n) is 4.43. The Hall–Kier alpha value is -2.66. The summed E-state index contributed by atoms with van der Waals surface area (Å²) in [5, 5.41) is 17.4. The fraction of sp³-hybridized carbons (Fsp3) is 0.727. The Kier molecular flexibility index (Phi) is 11.4. The predicted molar refractivity (Wildman–Crippen MR) is 125 cm³/mol. The van der Waals surface area contributed by atoms with Crippen molar-refractivity contribution in [3.63, 3.8) is 0 Å². The molecular formula is C22H30F6N4O6S. The number of carboxylic acids is 2. The third-order valence-electron chi connectivity index (χ3n) is 6.44. The van der Waals surface area contributed by atoms with Gasteiger partial charge in [-0.05, 0) is 38.5 Å². The van der Waals surface area contributed by atoms with Gasteiger partial charge in [-0.1, -0.05) is 0 Å². The lowest BCUT2D eigenvalue weighted by molar-refractivity contribution is -0.193. The Bertz CT molecular complexity index is 953. The van der Waals surface area contributed by atoms with E-state index in [4.69, 9.17) is 24.5 Å². The van der Waals surface area contributed by atoms with Crippen molar-refractivity contribution >= 4 is 29.3 Å². The van der Waals surface area contributed by atoms with Crippen LogP contribution in [-0.4, -0.2) is 100 Å². The Morgan fingerprint density at radius 1 is 1.10 bits per heavy atom. The number of aryl methyl sites for hydroxylation is 1. The summed E-state index contributed by atoms with van der Waals surface area (Å²) in [5.41, 5.74) is 3.11. The molecule has 1 aromatic heterocycles. The molecule has 4 heterocycles. The average Bonchev–Trinajstić information content (AvgIpc) is 3.55. The second-order valence-electron chi connectivity index (χ2n) is 9.23. The highest BCUT2D eigenvalue weighted by atomic mass is 32.1. The second kappa shape index (κ2) is 13.6. The van der Waals surface area contributed by atoms with Crippen molar-refractivity contribution in [1.82, 2.24) is 20.1 Å². The number of halogens is 6. The van der Waals surface area contributed by atoms with Gasteiger partial charge in [0.1, 0.15) is 0 Å². The molecule has 0 aliphatic carbocycles. The van der Waals surface area contributed by atoms with Gasteiger partial charge in [0.2, 0.25) is 0 Å². The van der Waals surface area contributed by atoms with Gasteiger partial charge in [-0.25, -0.2) is 19.4 Å². The van der Waals surface area contributed by atoms with Crippen LogP contribution in [0.5, 0.6) is 0 Å². The summed E-state index contributed by atoms with van der Waals surface area (Å²) in [6.45, 7) is 8.53. The number of carbonyl (C=O) groups is 3. The number of aromatic nitrogens is 1. The van der Waals surface area contributed by atoms with Gasteiger partial charge in [-0.2, -0.15) is 26.3 Å². The number of carbonyl (C=O) groups excluding carboxylic acids is 1. The third-order valence-corrected chi connectivity index (χ3v) is 7.36. The highest BCUT2D eigenvalue weighted by Gasteiger charge is 2.52. The first-order valence-electron chi connectivity index (χ1n) is 11.9. The monoisotopic (exact) mass is 592 g/mol. The number of ether oxygens (including phenoxy) is 1. The summed E-state index contributed by atoms with van der Waals surface area (Å²) in [7, 11) is 0. The van der Waals surface area contributed by atoms with Crippen LogP contribution >= 0.6 is 11.3 Å². The van der Waals surface area contributed by atoms with Crippen LogP contribution in [0.2, 0.25) is 0 Å². The molecule has 1 unspecified atom stereocenters. The molecule has 3 N–H and O–H groups in total. The van der Waals surface area contributed by atoms with Gasteiger partial charge >= 0.3 is 30.3 Å². The Morgan fingerprint density at radius 2 is 1.64 bits per heavy atom. The molecule has 0 radical (unpaired) electrons. The van der Waals surface area contributed by atoms with Crippen LogP contribution in [0, 0.1) is 12.8 Å². The van der Waals surface area contributed by atoms with Crippen molar-refractivity contribution in [2.45, 2.75) is 57.1 Å². The largest absolute Gasteiger partial charge is 0.490 e. The van der Waals surface area contributed by atoms with Crippen molar-refractivity contribution in [2.75, 3.05) is 39.3 Å². The van der Waals surface area contributed by atoms with Gasteiger partial charge in [0, 0.05) is 50.8 Å². The van der Waals surface area contributed by atoms with Crippen LogP contribution in [0.1, 0.15) is 36.3 Å². The van der Waals surface area contributed by atoms with E-state index in [2.05, 4.69) is 22.1 Å². The maximum atomic E-state index is 12.1. The highest BCUT2D eigenvalue weighted by molar-refractivity contribution is 7.09. The minimum atomic E-state index is -5.08. The number of hydrogen-bond donors (Lipinski definition) is 3. The molecule has 0 saturated carbocycles. The molecule has 3 aliphatic rings. The number of nitrogens with zero attached hydrogens (tertiary/aromatic N) is 3. The zero-order valence-electron chi connectivity index (χ0n) is 21.0. The molecule has 3 saturated heterocycles. The SMILES string of the molecule is Cc1ncsc1CN1CC2(C1)OCCC2CCNC(=O)N1CCCC1.O=C(O)C(F)(F)F.O=C(O)C(F)(F)F. The summed E-state index contributed by atoms with van der Waals surface area (Å²) < 4.78 is 69.6. The average molecular weight is 593 g/mol. The van der Waals surface area contributed by atoms with Crippen molar-refractivity contribution < 1.29 is 55.7 Å². The standard InChI is InChI=1S/C18H28N4O2S.2C2HF3O2/c1-14-16(25-13-20-14)10-21-11-18(12-21)15(5-9-24-18)4-6-19-17(23)22-7-2-3-8-22;2*3-2(4,5)1(6)7/h13,15H,2-12H2,1H3,(H,19,23);2*(H,6,7). The van der Waals surface area contributed by atoms with Crippen LogP contribution in [0.4, 0.5) is 31.1 Å². The first-order valence-corrected chi connectivity index (χ1v) is 12.8. The van der Waals surface area contributed by atoms with Crippen LogP contribution < -0.4 is 5.32 Å². The molecule has 17 heteroatoms. The van der Waals surface area contributed by atoms with E-state index < -0.39 is 24.3 Å². The van der Waals surface area contributed by atoms with Gasteiger partial charge in [0.05, 0.1) is 16.8 Å². The zero-order valence-corrected chi connectivity index (χ0v) is 21.8. The number of hydrogen-bond acceptors (Lipinski definition) is 7. The molecule has 3 fully saturated rings. The molecule has 39 heavy (non-hydrogen) atoms. The van der Waals surface area contributed by atoms with Crippen LogP contribution in [0.3, 0.4) is 0 Å². The number of carboxylic acid groups (broad SMARTS) is 2. The van der Waals surface area contributed by atoms with E-state index in [1.165, 1.54) is 4.88 Å². The van der Waals surface area contributed by atoms with Gasteiger partial charge in [0.25, 0.3) is 0 Å². The maximum Gasteiger partial charge on any atom is 0.490 e. The van der Waals surface area contributed by atoms with Crippen molar-refractivity contribution in [2.24, 2.45) is 5.92 Å². The molecule has 4 rings (SSSR count). The summed E-state index contributed by atoms with van der Waals surface area (Å²) in [4.78, 5) is 40.0. The summed E-state index contributed by atoms with van der Waals surface area (Å²) >= 11 is 1.74. The van der Waals surface area contributed by atoms with Gasteiger partial charge in [-0.3, -0.25) is 4.90 Å². The number of urea groups is 1. The molecule has 1 aromatic rings. The number of nitrogens with one attached hydrogen (secondary N) is 1. The third kappa shape index (κ3) is 9.79. The minimum Gasteiger partial charge on any atom is -0.475 e. The number of likely N-dealkylation sites (tertiary alicyclic amines) is 2. The minimum absolute atomic E-state index is 0.0248. The van der Waals surface area contributed by atoms with Gasteiger partial charge in [-0.15, -0.1) is 11.3 Å².